The molecule has 0 bridgehead atoms. The molecule has 0 atom stereocenters. The molecule has 0 unspecified atom stereocenters. The zero-order valence-electron chi connectivity index (χ0n) is 8.13. The van der Waals surface area contributed by atoms with Gasteiger partial charge in [-0.1, -0.05) is 12.1 Å². The fourth-order valence-electron chi connectivity index (χ4n) is 1.61. The lowest BCUT2D eigenvalue weighted by molar-refractivity contribution is -0.0480. The Hall–Kier alpha value is -0.730. The summed E-state index contributed by atoms with van der Waals surface area (Å²) in [7, 11) is 1.67. The van der Waals surface area contributed by atoms with Gasteiger partial charge in [0.2, 0.25) is 0 Å². The van der Waals surface area contributed by atoms with E-state index in [4.69, 9.17) is 21.1 Å². The molecule has 1 aromatic carbocycles. The van der Waals surface area contributed by atoms with Crippen LogP contribution in [0.4, 0.5) is 0 Å². The Kier molecular flexibility index (Phi) is 2.66. The van der Waals surface area contributed by atoms with E-state index in [1.807, 2.05) is 12.1 Å². The third-order valence-electron chi connectivity index (χ3n) is 2.71. The van der Waals surface area contributed by atoms with Gasteiger partial charge in [0.25, 0.3) is 0 Å². The molecule has 0 N–H and O–H groups in total. The Morgan fingerprint density at radius 3 is 2.36 bits per heavy atom. The van der Waals surface area contributed by atoms with Gasteiger partial charge in [-0.3, -0.25) is 0 Å². The number of methoxy groups -OCH3 is 1. The summed E-state index contributed by atoms with van der Waals surface area (Å²) in [5.74, 6) is 1.48. The molecule has 1 fully saturated rings. The summed E-state index contributed by atoms with van der Waals surface area (Å²) in [5, 5.41) is 0. The van der Waals surface area contributed by atoms with E-state index in [-0.39, 0.29) is 5.41 Å². The first kappa shape index (κ1) is 9.81. The Morgan fingerprint density at radius 2 is 2.00 bits per heavy atom. The van der Waals surface area contributed by atoms with Crippen LogP contribution in [-0.2, 0) is 10.2 Å². The van der Waals surface area contributed by atoms with Crippen LogP contribution in [0.25, 0.3) is 0 Å². The van der Waals surface area contributed by atoms with E-state index in [1.165, 1.54) is 5.56 Å². The molecule has 0 saturated carbocycles. The minimum absolute atomic E-state index is 0.0355. The second kappa shape index (κ2) is 3.79. The zero-order valence-corrected chi connectivity index (χ0v) is 8.88. The molecule has 0 aromatic heterocycles. The highest BCUT2D eigenvalue weighted by Crippen LogP contribution is 2.34. The first-order valence-electron chi connectivity index (χ1n) is 4.59. The smallest absolute Gasteiger partial charge is 0.118 e. The maximum Gasteiger partial charge on any atom is 0.118 e. The molecule has 14 heavy (non-hydrogen) atoms. The van der Waals surface area contributed by atoms with Crippen molar-refractivity contribution in [3.05, 3.63) is 29.8 Å². The molecular formula is C11H13ClO2. The molecule has 0 aliphatic carbocycles. The molecule has 76 valence electrons. The molecule has 2 rings (SSSR count). The normalized spacial score (nSPS) is 18.7. The van der Waals surface area contributed by atoms with E-state index in [0.29, 0.717) is 5.88 Å². The predicted molar refractivity (Wildman–Crippen MR) is 56.2 cm³/mol. The van der Waals surface area contributed by atoms with Crippen LogP contribution in [0.15, 0.2) is 24.3 Å². The van der Waals surface area contributed by atoms with E-state index in [9.17, 15) is 0 Å². The summed E-state index contributed by atoms with van der Waals surface area (Å²) in [6.45, 7) is 1.45. The van der Waals surface area contributed by atoms with E-state index >= 15 is 0 Å². The van der Waals surface area contributed by atoms with Crippen LogP contribution in [0.2, 0.25) is 0 Å². The van der Waals surface area contributed by atoms with Gasteiger partial charge in [-0.2, -0.15) is 0 Å². The number of benzene rings is 1. The van der Waals surface area contributed by atoms with E-state index in [0.717, 1.165) is 19.0 Å². The average molecular weight is 213 g/mol. The second-order valence-electron chi connectivity index (χ2n) is 3.64. The van der Waals surface area contributed by atoms with Crippen LogP contribution in [0.5, 0.6) is 5.75 Å². The van der Waals surface area contributed by atoms with Gasteiger partial charge in [0.05, 0.1) is 25.7 Å². The van der Waals surface area contributed by atoms with Crippen molar-refractivity contribution in [3.63, 3.8) is 0 Å². The van der Waals surface area contributed by atoms with Crippen molar-refractivity contribution in [1.82, 2.24) is 0 Å². The van der Waals surface area contributed by atoms with Gasteiger partial charge in [-0.15, -0.1) is 11.6 Å². The van der Waals surface area contributed by atoms with Crippen molar-refractivity contribution in [2.24, 2.45) is 0 Å². The molecular weight excluding hydrogens is 200 g/mol. The lowest BCUT2D eigenvalue weighted by Gasteiger charge is -2.40. The fourth-order valence-corrected chi connectivity index (χ4v) is 1.92. The highest BCUT2D eigenvalue weighted by molar-refractivity contribution is 6.18. The third-order valence-corrected chi connectivity index (χ3v) is 3.23. The van der Waals surface area contributed by atoms with Crippen molar-refractivity contribution in [2.45, 2.75) is 5.41 Å². The Bertz CT molecular complexity index is 298. The van der Waals surface area contributed by atoms with Crippen molar-refractivity contribution in [2.75, 3.05) is 26.2 Å². The summed E-state index contributed by atoms with van der Waals surface area (Å²) in [6, 6.07) is 8.04. The zero-order chi connectivity index (χ0) is 10.0. The van der Waals surface area contributed by atoms with Crippen LogP contribution in [0.1, 0.15) is 5.56 Å². The topological polar surface area (TPSA) is 18.5 Å². The minimum Gasteiger partial charge on any atom is -0.497 e. The Morgan fingerprint density at radius 1 is 1.36 bits per heavy atom. The number of ether oxygens (including phenoxy) is 2. The third kappa shape index (κ3) is 1.49. The molecule has 0 radical (unpaired) electrons. The van der Waals surface area contributed by atoms with Gasteiger partial charge in [-0.25, -0.2) is 0 Å². The number of hydrogen-bond acceptors (Lipinski definition) is 2. The number of rotatable bonds is 3. The van der Waals surface area contributed by atoms with Gasteiger partial charge in [0.1, 0.15) is 5.75 Å². The molecule has 3 heteroatoms. The summed E-state index contributed by atoms with van der Waals surface area (Å²) in [6.07, 6.45) is 0. The van der Waals surface area contributed by atoms with Gasteiger partial charge in [0, 0.05) is 5.88 Å². The highest BCUT2D eigenvalue weighted by atomic mass is 35.5. The lowest BCUT2D eigenvalue weighted by Crippen LogP contribution is -2.48. The lowest BCUT2D eigenvalue weighted by atomic mass is 9.80. The van der Waals surface area contributed by atoms with Crippen LogP contribution in [0.3, 0.4) is 0 Å². The second-order valence-corrected chi connectivity index (χ2v) is 3.90. The largest absolute Gasteiger partial charge is 0.497 e. The number of alkyl halides is 1. The van der Waals surface area contributed by atoms with Crippen LogP contribution in [-0.4, -0.2) is 26.2 Å². The Balaban J connectivity index is 2.23. The van der Waals surface area contributed by atoms with Gasteiger partial charge >= 0.3 is 0 Å². The maximum absolute atomic E-state index is 5.96. The molecule has 1 aromatic rings. The van der Waals surface area contributed by atoms with Crippen LogP contribution >= 0.6 is 11.6 Å². The number of halogens is 1. The molecule has 1 aliphatic heterocycles. The standard InChI is InChI=1S/C11H13ClO2/c1-13-10-4-2-9(3-5-10)11(6-12)7-14-8-11/h2-5H,6-8H2,1H3. The predicted octanol–water partition coefficient (Wildman–Crippen LogP) is 2.20. The minimum atomic E-state index is 0.0355. The molecule has 0 spiro atoms. The summed E-state index contributed by atoms with van der Waals surface area (Å²) in [4.78, 5) is 0. The molecule has 1 saturated heterocycles. The van der Waals surface area contributed by atoms with Crippen molar-refractivity contribution in [3.8, 4) is 5.75 Å². The SMILES string of the molecule is COc1ccc(C2(CCl)COC2)cc1. The van der Waals surface area contributed by atoms with E-state index in [2.05, 4.69) is 12.1 Å². The van der Waals surface area contributed by atoms with Crippen LogP contribution in [0, 0.1) is 0 Å². The van der Waals surface area contributed by atoms with Crippen molar-refractivity contribution >= 4 is 11.6 Å². The van der Waals surface area contributed by atoms with Gasteiger partial charge in [-0.05, 0) is 17.7 Å². The molecule has 2 nitrogen and oxygen atoms in total. The average Bonchev–Trinajstić information content (AvgIpc) is 2.18. The maximum atomic E-state index is 5.96. The van der Waals surface area contributed by atoms with Crippen molar-refractivity contribution < 1.29 is 9.47 Å². The quantitative estimate of drug-likeness (QED) is 0.716. The first-order chi connectivity index (χ1) is 6.80. The van der Waals surface area contributed by atoms with Crippen LogP contribution < -0.4 is 4.74 Å². The summed E-state index contributed by atoms with van der Waals surface area (Å²) < 4.78 is 10.3. The highest BCUT2D eigenvalue weighted by Gasteiger charge is 2.39. The first-order valence-corrected chi connectivity index (χ1v) is 5.12. The summed E-state index contributed by atoms with van der Waals surface area (Å²) >= 11 is 5.96. The number of hydrogen-bond donors (Lipinski definition) is 0. The van der Waals surface area contributed by atoms with E-state index in [1.54, 1.807) is 7.11 Å². The van der Waals surface area contributed by atoms with Crippen molar-refractivity contribution in [1.29, 1.82) is 0 Å². The monoisotopic (exact) mass is 212 g/mol. The van der Waals surface area contributed by atoms with Gasteiger partial charge < -0.3 is 9.47 Å². The molecule has 0 amide bonds. The van der Waals surface area contributed by atoms with Gasteiger partial charge in [0.15, 0.2) is 0 Å². The van der Waals surface area contributed by atoms with E-state index < -0.39 is 0 Å². The summed E-state index contributed by atoms with van der Waals surface area (Å²) in [5.41, 5.74) is 1.27. The molecule has 1 heterocycles. The fraction of sp³-hybridized carbons (Fsp3) is 0.455. The Labute approximate surface area is 88.8 Å². The molecule has 1 aliphatic rings.